The lowest BCUT2D eigenvalue weighted by atomic mass is 10.4. The van der Waals surface area contributed by atoms with Gasteiger partial charge in [-0.05, 0) is 0 Å². The minimum atomic E-state index is -0.00907. The minimum absolute atomic E-state index is 0.00907. The molecule has 0 saturated heterocycles. The molecule has 0 aliphatic rings. The molecular weight excluding hydrogens is 284 g/mol. The summed E-state index contributed by atoms with van der Waals surface area (Å²) >= 11 is 0. The summed E-state index contributed by atoms with van der Waals surface area (Å²) < 4.78 is 0. The Kier molecular flexibility index (Phi) is 13.3. The lowest BCUT2D eigenvalue weighted by Gasteiger charge is -2.23. The second-order valence-corrected chi connectivity index (χ2v) is 4.75. The quantitative estimate of drug-likeness (QED) is 0.0896. The van der Waals surface area contributed by atoms with E-state index in [-0.39, 0.29) is 11.9 Å². The summed E-state index contributed by atoms with van der Waals surface area (Å²) in [6, 6.07) is 0. The van der Waals surface area contributed by atoms with Gasteiger partial charge in [0.15, 0.2) is 11.9 Å². The third kappa shape index (κ3) is 13.4. The zero-order valence-electron chi connectivity index (χ0n) is 13.3. The molecule has 0 bridgehead atoms. The molecule has 0 aromatic rings. The Morgan fingerprint density at radius 3 is 1.77 bits per heavy atom. The van der Waals surface area contributed by atoms with E-state index in [1.807, 2.05) is 4.90 Å². The first-order valence-corrected chi connectivity index (χ1v) is 7.57. The third-order valence-corrected chi connectivity index (χ3v) is 2.87. The van der Waals surface area contributed by atoms with Gasteiger partial charge in [0.1, 0.15) is 0 Å². The van der Waals surface area contributed by atoms with Crippen LogP contribution in [0.2, 0.25) is 0 Å². The van der Waals surface area contributed by atoms with Crippen molar-refractivity contribution in [2.45, 2.75) is 0 Å². The van der Waals surface area contributed by atoms with Crippen LogP contribution in [0.4, 0.5) is 0 Å². The zero-order valence-corrected chi connectivity index (χ0v) is 13.3. The average Bonchev–Trinajstić information content (AvgIpc) is 2.46. The summed E-state index contributed by atoms with van der Waals surface area (Å²) in [5, 5.41) is 26.9. The van der Waals surface area contributed by atoms with Crippen molar-refractivity contribution >= 4 is 11.9 Å². The van der Waals surface area contributed by atoms with Crippen molar-refractivity contribution in [3.05, 3.63) is 0 Å². The van der Waals surface area contributed by atoms with E-state index in [1.165, 1.54) is 0 Å². The summed E-state index contributed by atoms with van der Waals surface area (Å²) in [5.41, 5.74) is 16.1. The van der Waals surface area contributed by atoms with Gasteiger partial charge in [-0.1, -0.05) is 0 Å². The van der Waals surface area contributed by atoms with Crippen LogP contribution in [0.15, 0.2) is 0 Å². The van der Waals surface area contributed by atoms with E-state index in [1.54, 1.807) is 0 Å². The van der Waals surface area contributed by atoms with Crippen LogP contribution in [-0.4, -0.2) is 82.3 Å². The van der Waals surface area contributed by atoms with Gasteiger partial charge in [0.25, 0.3) is 0 Å². The van der Waals surface area contributed by atoms with Crippen LogP contribution in [0.3, 0.4) is 0 Å². The van der Waals surface area contributed by atoms with Crippen molar-refractivity contribution in [1.29, 1.82) is 10.8 Å². The molecule has 0 atom stereocenters. The molecule has 0 radical (unpaired) electrons. The topological polar surface area (TPSA) is 177 Å². The number of nitrogens with two attached hydrogens (primary N) is 3. The fourth-order valence-corrected chi connectivity index (χ4v) is 1.72. The first kappa shape index (κ1) is 20.4. The lowest BCUT2D eigenvalue weighted by Crippen LogP contribution is -2.45. The number of hydrogen-bond donors (Lipinski definition) is 9. The first-order valence-electron chi connectivity index (χ1n) is 7.57. The van der Waals surface area contributed by atoms with E-state index in [0.29, 0.717) is 26.2 Å². The second kappa shape index (κ2) is 14.3. The molecule has 0 rings (SSSR count). The Balaban J connectivity index is 3.48. The maximum atomic E-state index is 7.54. The highest BCUT2D eigenvalue weighted by Crippen LogP contribution is 1.84. The Bertz CT molecular complexity index is 296. The normalized spacial score (nSPS) is 10.4. The Hall–Kier alpha value is -1.62. The number of nitrogens with one attached hydrogen (secondary N) is 6. The van der Waals surface area contributed by atoms with Gasteiger partial charge < -0.3 is 43.4 Å². The fourth-order valence-electron chi connectivity index (χ4n) is 1.72. The molecule has 0 aromatic carbocycles. The molecule has 0 aliphatic heterocycles. The highest BCUT2D eigenvalue weighted by atomic mass is 15.2. The molecule has 0 spiro atoms. The predicted octanol–water partition coefficient (Wildman–Crippen LogP) is -3.61. The highest BCUT2D eigenvalue weighted by molar-refractivity contribution is 5.74. The molecular formula is C12H32N10. The molecule has 0 aliphatic carbocycles. The van der Waals surface area contributed by atoms with Gasteiger partial charge in [0.2, 0.25) is 0 Å². The highest BCUT2D eigenvalue weighted by Gasteiger charge is 2.04. The molecule has 10 nitrogen and oxygen atoms in total. The van der Waals surface area contributed by atoms with E-state index in [2.05, 4.69) is 21.3 Å². The van der Waals surface area contributed by atoms with Crippen LogP contribution in [-0.2, 0) is 0 Å². The SMILES string of the molecule is N=C(N)NCCNCCNCCN(CCNCCN)C(=N)N. The van der Waals surface area contributed by atoms with Crippen molar-refractivity contribution in [2.75, 3.05) is 65.4 Å². The monoisotopic (exact) mass is 316 g/mol. The van der Waals surface area contributed by atoms with Gasteiger partial charge >= 0.3 is 0 Å². The van der Waals surface area contributed by atoms with Gasteiger partial charge in [0.05, 0.1) is 0 Å². The molecule has 10 heteroatoms. The van der Waals surface area contributed by atoms with Gasteiger partial charge in [-0.3, -0.25) is 10.8 Å². The number of guanidine groups is 2. The Labute approximate surface area is 132 Å². The molecule has 0 saturated carbocycles. The standard InChI is InChI=1S/C12H32N10/c13-1-2-18-7-9-22(12(16)17)10-8-20-4-3-19-5-6-21-11(14)15/h18-20H,1-10,13H2,(H3,16,17)(H4,14,15,21). The van der Waals surface area contributed by atoms with E-state index in [0.717, 1.165) is 39.3 Å². The van der Waals surface area contributed by atoms with Crippen LogP contribution in [0.1, 0.15) is 0 Å². The predicted molar refractivity (Wildman–Crippen MR) is 91.1 cm³/mol. The summed E-state index contributed by atoms with van der Waals surface area (Å²) in [4.78, 5) is 1.82. The van der Waals surface area contributed by atoms with Crippen LogP contribution >= 0.6 is 0 Å². The summed E-state index contributed by atoms with van der Waals surface area (Å²) in [6.45, 7) is 7.37. The van der Waals surface area contributed by atoms with E-state index < -0.39 is 0 Å². The molecule has 130 valence electrons. The van der Waals surface area contributed by atoms with Crippen LogP contribution < -0.4 is 38.5 Å². The van der Waals surface area contributed by atoms with Gasteiger partial charge in [-0.25, -0.2) is 0 Å². The lowest BCUT2D eigenvalue weighted by molar-refractivity contribution is 0.396. The van der Waals surface area contributed by atoms with E-state index in [4.69, 9.17) is 28.0 Å². The van der Waals surface area contributed by atoms with Crippen molar-refractivity contribution in [2.24, 2.45) is 17.2 Å². The third-order valence-electron chi connectivity index (χ3n) is 2.87. The molecule has 0 fully saturated rings. The van der Waals surface area contributed by atoms with Crippen LogP contribution in [0.5, 0.6) is 0 Å². The molecule has 0 heterocycles. The summed E-state index contributed by atoms with van der Waals surface area (Å²) in [5.74, 6) is 0.0787. The molecule has 0 amide bonds. The van der Waals surface area contributed by atoms with Crippen molar-refractivity contribution < 1.29 is 0 Å². The summed E-state index contributed by atoms with van der Waals surface area (Å²) in [7, 11) is 0. The number of hydrogen-bond acceptors (Lipinski definition) is 6. The molecule has 22 heavy (non-hydrogen) atoms. The maximum absolute atomic E-state index is 7.54. The Morgan fingerprint density at radius 2 is 1.27 bits per heavy atom. The second-order valence-electron chi connectivity index (χ2n) is 4.75. The van der Waals surface area contributed by atoms with Crippen LogP contribution in [0.25, 0.3) is 0 Å². The molecule has 0 unspecified atom stereocenters. The smallest absolute Gasteiger partial charge is 0.188 e. The van der Waals surface area contributed by atoms with E-state index in [9.17, 15) is 0 Å². The fraction of sp³-hybridized carbons (Fsp3) is 0.833. The molecule has 0 aromatic heterocycles. The largest absolute Gasteiger partial charge is 0.370 e. The van der Waals surface area contributed by atoms with Gasteiger partial charge in [0, 0.05) is 65.4 Å². The average molecular weight is 316 g/mol. The van der Waals surface area contributed by atoms with E-state index >= 15 is 0 Å². The number of nitrogens with zero attached hydrogens (tertiary/aromatic N) is 1. The van der Waals surface area contributed by atoms with Crippen molar-refractivity contribution in [3.63, 3.8) is 0 Å². The van der Waals surface area contributed by atoms with Crippen LogP contribution in [0, 0.1) is 10.8 Å². The Morgan fingerprint density at radius 1 is 0.773 bits per heavy atom. The van der Waals surface area contributed by atoms with Gasteiger partial charge in [-0.15, -0.1) is 0 Å². The zero-order chi connectivity index (χ0) is 16.6. The first-order chi connectivity index (χ1) is 10.6. The molecule has 12 N–H and O–H groups in total. The summed E-state index contributed by atoms with van der Waals surface area (Å²) in [6.07, 6.45) is 0. The van der Waals surface area contributed by atoms with Gasteiger partial charge in [-0.2, -0.15) is 0 Å². The number of rotatable bonds is 14. The maximum Gasteiger partial charge on any atom is 0.188 e. The van der Waals surface area contributed by atoms with Crippen molar-refractivity contribution in [1.82, 2.24) is 26.2 Å². The minimum Gasteiger partial charge on any atom is -0.370 e. The van der Waals surface area contributed by atoms with Crippen molar-refractivity contribution in [3.8, 4) is 0 Å².